The Kier molecular flexibility index (Phi) is 6.72. The summed E-state index contributed by atoms with van der Waals surface area (Å²) in [7, 11) is 0. The minimum atomic E-state index is 0.601. The number of nitrogens with one attached hydrogen (secondary N) is 1. The molecule has 0 radical (unpaired) electrons. The lowest BCUT2D eigenvalue weighted by Gasteiger charge is -2.41. The van der Waals surface area contributed by atoms with Crippen LogP contribution in [0.15, 0.2) is 30.3 Å². The van der Waals surface area contributed by atoms with Gasteiger partial charge in [0.2, 0.25) is 0 Å². The maximum absolute atomic E-state index is 3.76. The molecule has 1 aromatic carbocycles. The number of piperazine rings is 1. The number of hydrogen-bond donors (Lipinski definition) is 1. The highest BCUT2D eigenvalue weighted by Crippen LogP contribution is 2.17. The Morgan fingerprint density at radius 3 is 2.67 bits per heavy atom. The maximum Gasteiger partial charge on any atom is 0.0236 e. The van der Waals surface area contributed by atoms with Crippen molar-refractivity contribution in [2.75, 3.05) is 19.6 Å². The van der Waals surface area contributed by atoms with Gasteiger partial charge in [0, 0.05) is 31.7 Å². The van der Waals surface area contributed by atoms with Crippen LogP contribution >= 0.6 is 0 Å². The second kappa shape index (κ2) is 8.55. The lowest BCUT2D eigenvalue weighted by Crippen LogP contribution is -2.57. The molecule has 1 aromatic rings. The first-order valence-corrected chi connectivity index (χ1v) is 8.74. The normalized spacial score (nSPS) is 24.9. The zero-order chi connectivity index (χ0) is 15.1. The van der Waals surface area contributed by atoms with Gasteiger partial charge >= 0.3 is 0 Å². The minimum absolute atomic E-state index is 0.601. The zero-order valence-electron chi connectivity index (χ0n) is 14.0. The van der Waals surface area contributed by atoms with Gasteiger partial charge in [0.05, 0.1) is 0 Å². The van der Waals surface area contributed by atoms with Crippen molar-refractivity contribution in [1.29, 1.82) is 0 Å². The molecule has 0 aliphatic carbocycles. The van der Waals surface area contributed by atoms with Crippen LogP contribution < -0.4 is 5.32 Å². The van der Waals surface area contributed by atoms with Gasteiger partial charge in [0.25, 0.3) is 0 Å². The molecule has 2 heteroatoms. The number of rotatable bonds is 7. The quantitative estimate of drug-likeness (QED) is 0.822. The smallest absolute Gasteiger partial charge is 0.0236 e. The second-order valence-corrected chi connectivity index (χ2v) is 6.70. The molecule has 0 aromatic heterocycles. The first-order valence-electron chi connectivity index (χ1n) is 8.74. The summed E-state index contributed by atoms with van der Waals surface area (Å²) in [5.74, 6) is 0.819. The van der Waals surface area contributed by atoms with Crippen LogP contribution in [-0.2, 0) is 6.42 Å². The standard InChI is InChI=1S/C19H32N2/c1-4-9-16(3)14-21-15-18(20-13-19(21)5-2)12-17-10-7-6-8-11-17/h6-8,10-11,16,18-20H,4-5,9,12-15H2,1-3H3. The summed E-state index contributed by atoms with van der Waals surface area (Å²) in [4.78, 5) is 2.74. The highest BCUT2D eigenvalue weighted by atomic mass is 15.2. The highest BCUT2D eigenvalue weighted by molar-refractivity contribution is 5.16. The van der Waals surface area contributed by atoms with Crippen LogP contribution in [-0.4, -0.2) is 36.6 Å². The van der Waals surface area contributed by atoms with E-state index in [4.69, 9.17) is 0 Å². The highest BCUT2D eigenvalue weighted by Gasteiger charge is 2.27. The predicted molar refractivity (Wildman–Crippen MR) is 91.7 cm³/mol. The molecule has 1 N–H and O–H groups in total. The molecular formula is C19H32N2. The predicted octanol–water partition coefficient (Wildman–Crippen LogP) is 3.72. The molecule has 2 nitrogen and oxygen atoms in total. The first kappa shape index (κ1) is 16.5. The summed E-state index contributed by atoms with van der Waals surface area (Å²) in [5, 5.41) is 3.76. The van der Waals surface area contributed by atoms with E-state index in [1.54, 1.807) is 0 Å². The molecule has 0 spiro atoms. The van der Waals surface area contributed by atoms with E-state index in [1.165, 1.54) is 37.9 Å². The average Bonchev–Trinajstić information content (AvgIpc) is 2.49. The molecule has 3 unspecified atom stereocenters. The van der Waals surface area contributed by atoms with E-state index >= 15 is 0 Å². The van der Waals surface area contributed by atoms with E-state index in [0.29, 0.717) is 6.04 Å². The van der Waals surface area contributed by atoms with E-state index in [1.807, 2.05) is 0 Å². The van der Waals surface area contributed by atoms with Crippen molar-refractivity contribution in [3.05, 3.63) is 35.9 Å². The van der Waals surface area contributed by atoms with E-state index in [9.17, 15) is 0 Å². The molecule has 1 fully saturated rings. The molecular weight excluding hydrogens is 256 g/mol. The molecule has 1 aliphatic rings. The fraction of sp³-hybridized carbons (Fsp3) is 0.684. The van der Waals surface area contributed by atoms with Crippen molar-refractivity contribution < 1.29 is 0 Å². The van der Waals surface area contributed by atoms with Crippen LogP contribution in [0.1, 0.15) is 45.6 Å². The van der Waals surface area contributed by atoms with Gasteiger partial charge in [-0.3, -0.25) is 4.90 Å². The Morgan fingerprint density at radius 2 is 2.00 bits per heavy atom. The van der Waals surface area contributed by atoms with Crippen molar-refractivity contribution >= 4 is 0 Å². The Labute approximate surface area is 130 Å². The van der Waals surface area contributed by atoms with Crippen LogP contribution in [0.25, 0.3) is 0 Å². The van der Waals surface area contributed by atoms with Gasteiger partial charge in [-0.15, -0.1) is 0 Å². The van der Waals surface area contributed by atoms with Crippen molar-refractivity contribution in [2.45, 2.75) is 58.5 Å². The molecule has 0 amide bonds. The third-order valence-electron chi connectivity index (χ3n) is 4.74. The maximum atomic E-state index is 3.76. The van der Waals surface area contributed by atoms with E-state index < -0.39 is 0 Å². The van der Waals surface area contributed by atoms with Crippen molar-refractivity contribution in [3.8, 4) is 0 Å². The molecule has 21 heavy (non-hydrogen) atoms. The number of nitrogens with zero attached hydrogens (tertiary/aromatic N) is 1. The van der Waals surface area contributed by atoms with E-state index in [-0.39, 0.29) is 0 Å². The topological polar surface area (TPSA) is 15.3 Å². The van der Waals surface area contributed by atoms with Gasteiger partial charge in [-0.25, -0.2) is 0 Å². The monoisotopic (exact) mass is 288 g/mol. The summed E-state index contributed by atoms with van der Waals surface area (Å²) >= 11 is 0. The van der Waals surface area contributed by atoms with Crippen LogP contribution in [0.5, 0.6) is 0 Å². The lowest BCUT2D eigenvalue weighted by molar-refractivity contribution is 0.107. The van der Waals surface area contributed by atoms with Crippen LogP contribution in [0.2, 0.25) is 0 Å². The third kappa shape index (κ3) is 5.12. The van der Waals surface area contributed by atoms with Crippen LogP contribution in [0.4, 0.5) is 0 Å². The molecule has 1 heterocycles. The van der Waals surface area contributed by atoms with Gasteiger partial charge in [-0.1, -0.05) is 57.5 Å². The largest absolute Gasteiger partial charge is 0.311 e. The molecule has 0 saturated carbocycles. The van der Waals surface area contributed by atoms with Gasteiger partial charge in [0.15, 0.2) is 0 Å². The Balaban J connectivity index is 1.91. The average molecular weight is 288 g/mol. The molecule has 3 atom stereocenters. The molecule has 1 saturated heterocycles. The summed E-state index contributed by atoms with van der Waals surface area (Å²) in [6.07, 6.45) is 5.06. The van der Waals surface area contributed by atoms with Crippen LogP contribution in [0.3, 0.4) is 0 Å². The Bertz CT molecular complexity index is 390. The van der Waals surface area contributed by atoms with Gasteiger partial charge < -0.3 is 5.32 Å². The first-order chi connectivity index (χ1) is 10.2. The van der Waals surface area contributed by atoms with Gasteiger partial charge in [-0.2, -0.15) is 0 Å². The van der Waals surface area contributed by atoms with Crippen molar-refractivity contribution in [2.24, 2.45) is 5.92 Å². The van der Waals surface area contributed by atoms with Gasteiger partial charge in [0.1, 0.15) is 0 Å². The summed E-state index contributed by atoms with van der Waals surface area (Å²) in [6.45, 7) is 10.6. The summed E-state index contributed by atoms with van der Waals surface area (Å²) < 4.78 is 0. The zero-order valence-corrected chi connectivity index (χ0v) is 14.0. The van der Waals surface area contributed by atoms with Crippen molar-refractivity contribution in [1.82, 2.24) is 10.2 Å². The van der Waals surface area contributed by atoms with Gasteiger partial charge in [-0.05, 0) is 30.7 Å². The lowest BCUT2D eigenvalue weighted by atomic mass is 9.98. The van der Waals surface area contributed by atoms with Crippen LogP contribution in [0, 0.1) is 5.92 Å². The molecule has 1 aliphatic heterocycles. The van der Waals surface area contributed by atoms with E-state index in [2.05, 4.69) is 61.3 Å². The number of benzene rings is 1. The number of hydrogen-bond acceptors (Lipinski definition) is 2. The second-order valence-electron chi connectivity index (χ2n) is 6.70. The fourth-order valence-electron chi connectivity index (χ4n) is 3.57. The molecule has 118 valence electrons. The SMILES string of the molecule is CCCC(C)CN1CC(Cc2ccccc2)NCC1CC. The van der Waals surface area contributed by atoms with Crippen molar-refractivity contribution in [3.63, 3.8) is 0 Å². The Morgan fingerprint density at radius 1 is 1.24 bits per heavy atom. The fourth-order valence-corrected chi connectivity index (χ4v) is 3.57. The summed E-state index contributed by atoms with van der Waals surface area (Å²) in [6, 6.07) is 12.2. The summed E-state index contributed by atoms with van der Waals surface area (Å²) in [5.41, 5.74) is 1.45. The van der Waals surface area contributed by atoms with E-state index in [0.717, 1.165) is 24.9 Å². The Hall–Kier alpha value is -0.860. The third-order valence-corrected chi connectivity index (χ3v) is 4.74. The minimum Gasteiger partial charge on any atom is -0.311 e. The molecule has 0 bridgehead atoms. The molecule has 2 rings (SSSR count).